The smallest absolute Gasteiger partial charge is 0.161 e. The van der Waals surface area contributed by atoms with Gasteiger partial charge in [0.05, 0.1) is 14.2 Å². The Bertz CT molecular complexity index is 382. The van der Waals surface area contributed by atoms with Gasteiger partial charge in [-0.2, -0.15) is 0 Å². The molecule has 3 nitrogen and oxygen atoms in total. The summed E-state index contributed by atoms with van der Waals surface area (Å²) in [5, 5.41) is 3.34. The Hall–Kier alpha value is -0.930. The summed E-state index contributed by atoms with van der Waals surface area (Å²) in [4.78, 5) is 0. The lowest BCUT2D eigenvalue weighted by atomic mass is 9.88. The normalized spacial score (nSPS) is 17.9. The Labute approximate surface area is 109 Å². The maximum absolute atomic E-state index is 5.33. The highest BCUT2D eigenvalue weighted by Gasteiger charge is 2.19. The molecule has 0 saturated carbocycles. The monoisotopic (exact) mass is 257 g/mol. The number of hydrogen-bond donors (Lipinski definition) is 1. The van der Waals surface area contributed by atoms with Gasteiger partial charge in [0, 0.05) is 6.04 Å². The first kappa shape index (κ1) is 14.1. The minimum absolute atomic E-state index is 0. The molecule has 1 atom stereocenters. The van der Waals surface area contributed by atoms with E-state index in [9.17, 15) is 0 Å². The van der Waals surface area contributed by atoms with Crippen molar-refractivity contribution in [2.45, 2.75) is 25.3 Å². The topological polar surface area (TPSA) is 30.5 Å². The highest BCUT2D eigenvalue weighted by Crippen LogP contribution is 2.33. The standard InChI is InChI=1S/C13H19NO2.ClH/c1-14-11-5-4-9-7-12(15-2)13(16-3)8-10(9)6-11;/h7-8,11,14H,4-6H2,1-3H3;1H. The highest BCUT2D eigenvalue weighted by molar-refractivity contribution is 5.85. The summed E-state index contributed by atoms with van der Waals surface area (Å²) in [5.41, 5.74) is 2.77. The van der Waals surface area contributed by atoms with Gasteiger partial charge >= 0.3 is 0 Å². The first-order valence-corrected chi connectivity index (χ1v) is 5.69. The molecule has 0 fully saturated rings. The summed E-state index contributed by atoms with van der Waals surface area (Å²) >= 11 is 0. The fourth-order valence-electron chi connectivity index (χ4n) is 2.33. The molecule has 96 valence electrons. The Morgan fingerprint density at radius 3 is 2.24 bits per heavy atom. The van der Waals surface area contributed by atoms with E-state index in [2.05, 4.69) is 17.4 Å². The molecule has 1 aromatic rings. The summed E-state index contributed by atoms with van der Waals surface area (Å²) in [7, 11) is 5.39. The lowest BCUT2D eigenvalue weighted by Gasteiger charge is -2.25. The van der Waals surface area contributed by atoms with Gasteiger partial charge in [0.15, 0.2) is 11.5 Å². The Balaban J connectivity index is 0.00000144. The van der Waals surface area contributed by atoms with E-state index < -0.39 is 0 Å². The van der Waals surface area contributed by atoms with Gasteiger partial charge in [0.2, 0.25) is 0 Å². The third-order valence-corrected chi connectivity index (χ3v) is 3.34. The average Bonchev–Trinajstić information content (AvgIpc) is 2.36. The van der Waals surface area contributed by atoms with Gasteiger partial charge in [-0.1, -0.05) is 0 Å². The van der Waals surface area contributed by atoms with Crippen LogP contribution < -0.4 is 14.8 Å². The largest absolute Gasteiger partial charge is 0.493 e. The number of rotatable bonds is 3. The van der Waals surface area contributed by atoms with Crippen LogP contribution in [0.3, 0.4) is 0 Å². The van der Waals surface area contributed by atoms with Crippen LogP contribution in [0.2, 0.25) is 0 Å². The Morgan fingerprint density at radius 2 is 1.71 bits per heavy atom. The predicted molar refractivity (Wildman–Crippen MR) is 71.7 cm³/mol. The Kier molecular flexibility index (Phi) is 5.09. The first-order chi connectivity index (χ1) is 7.78. The van der Waals surface area contributed by atoms with Crippen molar-refractivity contribution in [3.8, 4) is 11.5 Å². The summed E-state index contributed by atoms with van der Waals surface area (Å²) in [5.74, 6) is 1.67. The van der Waals surface area contributed by atoms with E-state index in [0.717, 1.165) is 24.3 Å². The molecular formula is C13H20ClNO2. The summed E-state index contributed by atoms with van der Waals surface area (Å²) < 4.78 is 10.6. The zero-order valence-corrected chi connectivity index (χ0v) is 11.4. The number of hydrogen-bond acceptors (Lipinski definition) is 3. The second-order valence-corrected chi connectivity index (χ2v) is 4.20. The molecule has 4 heteroatoms. The fraction of sp³-hybridized carbons (Fsp3) is 0.538. The molecule has 0 spiro atoms. The van der Waals surface area contributed by atoms with Crippen LogP contribution in [0.15, 0.2) is 12.1 Å². The van der Waals surface area contributed by atoms with Crippen molar-refractivity contribution in [2.24, 2.45) is 0 Å². The fourth-order valence-corrected chi connectivity index (χ4v) is 2.33. The van der Waals surface area contributed by atoms with Gasteiger partial charge in [0.1, 0.15) is 0 Å². The molecule has 17 heavy (non-hydrogen) atoms. The minimum atomic E-state index is 0. The molecule has 1 aromatic carbocycles. The van der Waals surface area contributed by atoms with E-state index in [1.807, 2.05) is 7.05 Å². The highest BCUT2D eigenvalue weighted by atomic mass is 35.5. The third-order valence-electron chi connectivity index (χ3n) is 3.34. The van der Waals surface area contributed by atoms with Gasteiger partial charge in [0.25, 0.3) is 0 Å². The van der Waals surface area contributed by atoms with Crippen molar-refractivity contribution >= 4 is 12.4 Å². The SMILES string of the molecule is CNC1CCc2cc(OC)c(OC)cc2C1.Cl. The first-order valence-electron chi connectivity index (χ1n) is 5.69. The number of aryl methyl sites for hydroxylation is 1. The van der Waals surface area contributed by atoms with Crippen LogP contribution >= 0.6 is 12.4 Å². The van der Waals surface area contributed by atoms with Crippen LogP contribution in [0.4, 0.5) is 0 Å². The predicted octanol–water partition coefficient (Wildman–Crippen LogP) is 2.20. The van der Waals surface area contributed by atoms with Crippen LogP contribution in [-0.2, 0) is 12.8 Å². The molecule has 0 aliphatic heterocycles. The van der Waals surface area contributed by atoms with Gasteiger partial charge in [-0.3, -0.25) is 0 Å². The maximum atomic E-state index is 5.33. The van der Waals surface area contributed by atoms with Crippen molar-refractivity contribution in [1.82, 2.24) is 5.32 Å². The molecule has 1 aliphatic rings. The third kappa shape index (κ3) is 2.85. The molecule has 2 rings (SSSR count). The maximum Gasteiger partial charge on any atom is 0.161 e. The van der Waals surface area contributed by atoms with Crippen LogP contribution in [-0.4, -0.2) is 27.3 Å². The van der Waals surface area contributed by atoms with E-state index in [0.29, 0.717) is 6.04 Å². The lowest BCUT2D eigenvalue weighted by molar-refractivity contribution is 0.352. The molecule has 1 unspecified atom stereocenters. The molecule has 1 aliphatic carbocycles. The molecule has 0 radical (unpaired) electrons. The van der Waals surface area contributed by atoms with Gasteiger partial charge in [-0.05, 0) is 49.6 Å². The van der Waals surface area contributed by atoms with Crippen LogP contribution in [0, 0.1) is 0 Å². The molecule has 0 saturated heterocycles. The average molecular weight is 258 g/mol. The number of likely N-dealkylation sites (N-methyl/N-ethyl adjacent to an activating group) is 1. The number of halogens is 1. The number of fused-ring (bicyclic) bond motifs is 1. The van der Waals surface area contributed by atoms with Gasteiger partial charge in [-0.25, -0.2) is 0 Å². The number of benzene rings is 1. The molecule has 0 heterocycles. The molecule has 0 aromatic heterocycles. The van der Waals surface area contributed by atoms with Crippen molar-refractivity contribution in [2.75, 3.05) is 21.3 Å². The van der Waals surface area contributed by atoms with E-state index >= 15 is 0 Å². The van der Waals surface area contributed by atoms with Crippen LogP contribution in [0.1, 0.15) is 17.5 Å². The summed E-state index contributed by atoms with van der Waals surface area (Å²) in [6.07, 6.45) is 3.38. The van der Waals surface area contributed by atoms with Crippen molar-refractivity contribution in [3.05, 3.63) is 23.3 Å². The van der Waals surface area contributed by atoms with E-state index in [1.165, 1.54) is 17.5 Å². The molecule has 0 bridgehead atoms. The Morgan fingerprint density at radius 1 is 1.12 bits per heavy atom. The second-order valence-electron chi connectivity index (χ2n) is 4.20. The van der Waals surface area contributed by atoms with Gasteiger partial charge in [-0.15, -0.1) is 12.4 Å². The van der Waals surface area contributed by atoms with E-state index in [4.69, 9.17) is 9.47 Å². The minimum Gasteiger partial charge on any atom is -0.493 e. The van der Waals surface area contributed by atoms with Gasteiger partial charge < -0.3 is 14.8 Å². The van der Waals surface area contributed by atoms with Crippen molar-refractivity contribution in [3.63, 3.8) is 0 Å². The number of nitrogens with one attached hydrogen (secondary N) is 1. The summed E-state index contributed by atoms with van der Waals surface area (Å²) in [6, 6.07) is 4.81. The van der Waals surface area contributed by atoms with E-state index in [1.54, 1.807) is 14.2 Å². The molecule has 1 N–H and O–H groups in total. The zero-order chi connectivity index (χ0) is 11.5. The zero-order valence-electron chi connectivity index (χ0n) is 10.6. The quantitative estimate of drug-likeness (QED) is 0.901. The second kappa shape index (κ2) is 6.12. The van der Waals surface area contributed by atoms with Crippen LogP contribution in [0.25, 0.3) is 0 Å². The van der Waals surface area contributed by atoms with Crippen molar-refractivity contribution < 1.29 is 9.47 Å². The summed E-state index contributed by atoms with van der Waals surface area (Å²) in [6.45, 7) is 0. The number of methoxy groups -OCH3 is 2. The van der Waals surface area contributed by atoms with Crippen molar-refractivity contribution in [1.29, 1.82) is 0 Å². The lowest BCUT2D eigenvalue weighted by Crippen LogP contribution is -2.31. The molecular weight excluding hydrogens is 238 g/mol. The van der Waals surface area contributed by atoms with E-state index in [-0.39, 0.29) is 12.4 Å². The van der Waals surface area contributed by atoms with Crippen LogP contribution in [0.5, 0.6) is 11.5 Å². The number of ether oxygens (including phenoxy) is 2. The molecule has 0 amide bonds.